The Hall–Kier alpha value is -0.550. The second kappa shape index (κ2) is 7.90. The number of nitrogens with zero attached hydrogens (tertiary/aromatic N) is 1. The van der Waals surface area contributed by atoms with Crippen LogP contribution in [-0.2, 0) is 16.1 Å². The van der Waals surface area contributed by atoms with E-state index in [1.165, 1.54) is 0 Å². The van der Waals surface area contributed by atoms with Crippen molar-refractivity contribution < 1.29 is 9.53 Å². The first-order chi connectivity index (χ1) is 8.63. The first kappa shape index (κ1) is 16.5. The van der Waals surface area contributed by atoms with Gasteiger partial charge in [-0.25, -0.2) is 4.98 Å². The number of esters is 1. The second-order valence-corrected chi connectivity index (χ2v) is 5.05. The summed E-state index contributed by atoms with van der Waals surface area (Å²) >= 11 is 11.5. The fraction of sp³-hybridized carbons (Fsp3) is 0.500. The SMILES string of the molecule is Cl.O=C(C[C@H]1CCCN1)OCc1cc(Cl)nc(Cl)c1. The van der Waals surface area contributed by atoms with Gasteiger partial charge in [0, 0.05) is 6.04 Å². The van der Waals surface area contributed by atoms with Crippen LogP contribution >= 0.6 is 35.6 Å². The molecule has 0 aromatic carbocycles. The lowest BCUT2D eigenvalue weighted by atomic mass is 10.2. The average molecular weight is 326 g/mol. The molecule has 19 heavy (non-hydrogen) atoms. The van der Waals surface area contributed by atoms with Crippen LogP contribution in [0.15, 0.2) is 12.1 Å². The zero-order valence-corrected chi connectivity index (χ0v) is 12.5. The van der Waals surface area contributed by atoms with Gasteiger partial charge in [0.05, 0.1) is 6.42 Å². The van der Waals surface area contributed by atoms with E-state index in [1.807, 2.05) is 0 Å². The lowest BCUT2D eigenvalue weighted by molar-refractivity contribution is -0.145. The van der Waals surface area contributed by atoms with Gasteiger partial charge in [0.1, 0.15) is 16.9 Å². The van der Waals surface area contributed by atoms with Crippen LogP contribution < -0.4 is 5.32 Å². The molecule has 1 aromatic heterocycles. The molecule has 0 spiro atoms. The number of carbonyl (C=O) groups is 1. The highest BCUT2D eigenvalue weighted by Gasteiger charge is 2.18. The van der Waals surface area contributed by atoms with Gasteiger partial charge in [-0.3, -0.25) is 4.79 Å². The van der Waals surface area contributed by atoms with Gasteiger partial charge < -0.3 is 10.1 Å². The van der Waals surface area contributed by atoms with Crippen LogP contribution in [0.3, 0.4) is 0 Å². The minimum Gasteiger partial charge on any atom is -0.461 e. The first-order valence-electron chi connectivity index (χ1n) is 5.84. The van der Waals surface area contributed by atoms with E-state index < -0.39 is 0 Å². The van der Waals surface area contributed by atoms with E-state index in [4.69, 9.17) is 27.9 Å². The molecule has 1 aromatic rings. The van der Waals surface area contributed by atoms with Crippen molar-refractivity contribution in [3.63, 3.8) is 0 Å². The standard InChI is InChI=1S/C12H14Cl2N2O2.ClH/c13-10-4-8(5-11(14)16-10)7-18-12(17)6-9-2-1-3-15-9;/h4-5,9,15H,1-3,6-7H2;1H/t9-;/m1./s1. The maximum Gasteiger partial charge on any atom is 0.307 e. The number of carbonyl (C=O) groups excluding carboxylic acids is 1. The Labute approximate surface area is 128 Å². The summed E-state index contributed by atoms with van der Waals surface area (Å²) in [6.07, 6.45) is 2.56. The fourth-order valence-electron chi connectivity index (χ4n) is 1.95. The quantitative estimate of drug-likeness (QED) is 0.683. The molecule has 1 N–H and O–H groups in total. The Balaban J connectivity index is 0.00000180. The molecule has 4 nitrogen and oxygen atoms in total. The summed E-state index contributed by atoms with van der Waals surface area (Å²) in [6, 6.07) is 3.52. The molecule has 2 rings (SSSR count). The fourth-order valence-corrected chi connectivity index (χ4v) is 2.46. The van der Waals surface area contributed by atoms with Crippen LogP contribution in [0.5, 0.6) is 0 Å². The molecule has 1 fully saturated rings. The summed E-state index contributed by atoms with van der Waals surface area (Å²) in [4.78, 5) is 15.4. The molecule has 0 bridgehead atoms. The molecule has 0 amide bonds. The highest BCUT2D eigenvalue weighted by atomic mass is 35.5. The van der Waals surface area contributed by atoms with Gasteiger partial charge in [0.25, 0.3) is 0 Å². The Bertz CT molecular complexity index is 417. The summed E-state index contributed by atoms with van der Waals surface area (Å²) in [6.45, 7) is 1.15. The van der Waals surface area contributed by atoms with E-state index in [1.54, 1.807) is 12.1 Å². The molecular weight excluding hydrogens is 311 g/mol. The summed E-state index contributed by atoms with van der Waals surface area (Å²) in [7, 11) is 0. The molecule has 0 radical (unpaired) electrons. The van der Waals surface area contributed by atoms with Gasteiger partial charge in [-0.05, 0) is 37.1 Å². The van der Waals surface area contributed by atoms with E-state index in [9.17, 15) is 4.79 Å². The van der Waals surface area contributed by atoms with Crippen LogP contribution in [0.1, 0.15) is 24.8 Å². The number of rotatable bonds is 4. The van der Waals surface area contributed by atoms with Gasteiger partial charge in [-0.15, -0.1) is 12.4 Å². The number of hydrogen-bond donors (Lipinski definition) is 1. The van der Waals surface area contributed by atoms with Crippen molar-refractivity contribution in [1.82, 2.24) is 10.3 Å². The third-order valence-electron chi connectivity index (χ3n) is 2.80. The van der Waals surface area contributed by atoms with E-state index in [0.29, 0.717) is 16.7 Å². The summed E-state index contributed by atoms with van der Waals surface area (Å²) in [5.74, 6) is -0.210. The Kier molecular flexibility index (Phi) is 6.86. The molecular formula is C12H15Cl3N2O2. The Morgan fingerprint density at radius 1 is 1.42 bits per heavy atom. The lowest BCUT2D eigenvalue weighted by Crippen LogP contribution is -2.25. The Morgan fingerprint density at radius 3 is 2.68 bits per heavy atom. The number of halogens is 3. The van der Waals surface area contributed by atoms with Crippen molar-refractivity contribution in [2.45, 2.75) is 31.9 Å². The van der Waals surface area contributed by atoms with E-state index in [2.05, 4.69) is 10.3 Å². The monoisotopic (exact) mass is 324 g/mol. The summed E-state index contributed by atoms with van der Waals surface area (Å²) in [5.41, 5.74) is 0.743. The smallest absolute Gasteiger partial charge is 0.307 e. The van der Waals surface area contributed by atoms with Crippen molar-refractivity contribution in [1.29, 1.82) is 0 Å². The normalized spacial score (nSPS) is 17.9. The molecule has 0 saturated carbocycles. The minimum atomic E-state index is -0.210. The molecule has 106 valence electrons. The molecule has 1 aliphatic rings. The molecule has 7 heteroatoms. The zero-order valence-electron chi connectivity index (χ0n) is 10.2. The van der Waals surface area contributed by atoms with Crippen LogP contribution in [0.2, 0.25) is 10.3 Å². The largest absolute Gasteiger partial charge is 0.461 e. The zero-order chi connectivity index (χ0) is 13.0. The van der Waals surface area contributed by atoms with E-state index in [-0.39, 0.29) is 31.0 Å². The number of hydrogen-bond acceptors (Lipinski definition) is 4. The van der Waals surface area contributed by atoms with Crippen molar-refractivity contribution >= 4 is 41.6 Å². The third-order valence-corrected chi connectivity index (χ3v) is 3.19. The third kappa shape index (κ3) is 5.53. The van der Waals surface area contributed by atoms with Gasteiger partial charge in [-0.2, -0.15) is 0 Å². The number of nitrogens with one attached hydrogen (secondary N) is 1. The van der Waals surface area contributed by atoms with Crippen LogP contribution in [0.4, 0.5) is 0 Å². The molecule has 0 unspecified atom stereocenters. The van der Waals surface area contributed by atoms with Gasteiger partial charge in [-0.1, -0.05) is 23.2 Å². The summed E-state index contributed by atoms with van der Waals surface area (Å²) < 4.78 is 5.18. The summed E-state index contributed by atoms with van der Waals surface area (Å²) in [5, 5.41) is 3.85. The minimum absolute atomic E-state index is 0. The van der Waals surface area contributed by atoms with E-state index >= 15 is 0 Å². The van der Waals surface area contributed by atoms with Gasteiger partial charge >= 0.3 is 5.97 Å². The Morgan fingerprint density at radius 2 is 2.11 bits per heavy atom. The molecule has 2 heterocycles. The molecule has 1 saturated heterocycles. The maximum atomic E-state index is 11.6. The molecule has 1 aliphatic heterocycles. The molecule has 1 atom stereocenters. The van der Waals surface area contributed by atoms with Crippen molar-refractivity contribution in [3.05, 3.63) is 28.0 Å². The first-order valence-corrected chi connectivity index (χ1v) is 6.60. The molecule has 0 aliphatic carbocycles. The maximum absolute atomic E-state index is 11.6. The second-order valence-electron chi connectivity index (χ2n) is 4.28. The van der Waals surface area contributed by atoms with Crippen molar-refractivity contribution in [3.8, 4) is 0 Å². The number of pyridine rings is 1. The predicted octanol–water partition coefficient (Wildman–Crippen LogP) is 3.00. The van der Waals surface area contributed by atoms with Crippen LogP contribution in [0, 0.1) is 0 Å². The van der Waals surface area contributed by atoms with Gasteiger partial charge in [0.15, 0.2) is 0 Å². The average Bonchev–Trinajstić information content (AvgIpc) is 2.78. The lowest BCUT2D eigenvalue weighted by Gasteiger charge is -2.10. The highest BCUT2D eigenvalue weighted by Crippen LogP contribution is 2.16. The predicted molar refractivity (Wildman–Crippen MR) is 76.9 cm³/mol. The van der Waals surface area contributed by atoms with Crippen molar-refractivity contribution in [2.75, 3.05) is 6.54 Å². The van der Waals surface area contributed by atoms with Crippen molar-refractivity contribution in [2.24, 2.45) is 0 Å². The number of aromatic nitrogens is 1. The topological polar surface area (TPSA) is 51.2 Å². The van der Waals surface area contributed by atoms with Gasteiger partial charge in [0.2, 0.25) is 0 Å². The van der Waals surface area contributed by atoms with Crippen LogP contribution in [0.25, 0.3) is 0 Å². The van der Waals surface area contributed by atoms with Crippen LogP contribution in [-0.4, -0.2) is 23.5 Å². The number of ether oxygens (including phenoxy) is 1. The van der Waals surface area contributed by atoms with E-state index in [0.717, 1.165) is 24.9 Å². The highest BCUT2D eigenvalue weighted by molar-refractivity contribution is 6.32.